The Kier molecular flexibility index (Phi) is 23.1. The van der Waals surface area contributed by atoms with Gasteiger partial charge < -0.3 is 35.1 Å². The quantitative estimate of drug-likeness (QED) is 0.121. The van der Waals surface area contributed by atoms with Crippen LogP contribution in [0.25, 0.3) is 0 Å². The minimum absolute atomic E-state index is 0.558. The Morgan fingerprint density at radius 2 is 1.29 bits per heavy atom. The average molecular weight is 596 g/mol. The van der Waals surface area contributed by atoms with Gasteiger partial charge in [-0.1, -0.05) is 43.8 Å². The molecule has 42 heavy (non-hydrogen) atoms. The van der Waals surface area contributed by atoms with Gasteiger partial charge in [0.1, 0.15) is 6.61 Å². The maximum absolute atomic E-state index is 9.55. The van der Waals surface area contributed by atoms with Gasteiger partial charge >= 0.3 is 23.9 Å². The van der Waals surface area contributed by atoms with Crippen molar-refractivity contribution in [3.05, 3.63) is 36.0 Å². The van der Waals surface area contributed by atoms with Crippen LogP contribution in [0.1, 0.15) is 77.6 Å². The van der Waals surface area contributed by atoms with Gasteiger partial charge in [0.2, 0.25) is 0 Å². The molecule has 0 aromatic rings. The van der Waals surface area contributed by atoms with Crippen molar-refractivity contribution >= 4 is 29.6 Å². The third kappa shape index (κ3) is 24.3. The van der Waals surface area contributed by atoms with Crippen molar-refractivity contribution in [1.82, 2.24) is 9.80 Å². The van der Waals surface area contributed by atoms with Gasteiger partial charge in [-0.05, 0) is 57.6 Å². The molecule has 0 amide bonds. The number of aliphatic carboxylic acids is 4. The zero-order valence-corrected chi connectivity index (χ0v) is 25.1. The molecule has 2 rings (SSSR count). The van der Waals surface area contributed by atoms with Crippen LogP contribution >= 0.6 is 0 Å². The average Bonchev–Trinajstić information content (AvgIpc) is 2.95. The molecule has 1 saturated heterocycles. The normalized spacial score (nSPS) is 17.9. The lowest BCUT2D eigenvalue weighted by Crippen LogP contribution is -2.44. The van der Waals surface area contributed by atoms with Crippen molar-refractivity contribution in [3.8, 4) is 0 Å². The second kappa shape index (κ2) is 25.2. The van der Waals surface area contributed by atoms with Crippen molar-refractivity contribution in [2.75, 3.05) is 46.4 Å². The SMILES string of the molecule is CCCCCCC/C=C1/CCCC/C1=N\OCCCN1CCN(C)CC1.O=C(O)/C=C\C(=O)O.O=C(O)/C=C\C(=O)O. The Labute approximate surface area is 249 Å². The van der Waals surface area contributed by atoms with Crippen molar-refractivity contribution in [1.29, 1.82) is 0 Å². The van der Waals surface area contributed by atoms with Crippen LogP contribution in [-0.4, -0.2) is 106 Å². The van der Waals surface area contributed by atoms with Crippen LogP contribution in [0.2, 0.25) is 0 Å². The van der Waals surface area contributed by atoms with Crippen LogP contribution in [0.5, 0.6) is 0 Å². The lowest BCUT2D eigenvalue weighted by molar-refractivity contribution is -0.134. The molecule has 1 saturated carbocycles. The number of allylic oxidation sites excluding steroid dienone is 2. The van der Waals surface area contributed by atoms with E-state index < -0.39 is 23.9 Å². The molecule has 0 radical (unpaired) electrons. The maximum atomic E-state index is 9.55. The summed E-state index contributed by atoms with van der Waals surface area (Å²) in [7, 11) is 2.21. The fraction of sp³-hybridized carbons (Fsp3) is 0.633. The van der Waals surface area contributed by atoms with Gasteiger partial charge in [0.05, 0.1) is 5.71 Å². The zero-order chi connectivity index (χ0) is 31.6. The predicted octanol–water partition coefficient (Wildman–Crippen LogP) is 4.28. The van der Waals surface area contributed by atoms with Crippen molar-refractivity contribution in [3.63, 3.8) is 0 Å². The maximum Gasteiger partial charge on any atom is 0.328 e. The lowest BCUT2D eigenvalue weighted by Gasteiger charge is -2.32. The second-order valence-corrected chi connectivity index (χ2v) is 10.0. The zero-order valence-electron chi connectivity index (χ0n) is 25.1. The van der Waals surface area contributed by atoms with E-state index in [2.05, 4.69) is 35.0 Å². The molecule has 0 unspecified atom stereocenters. The summed E-state index contributed by atoms with van der Waals surface area (Å²) in [5.74, 6) is -5.03. The minimum Gasteiger partial charge on any atom is -0.478 e. The number of carboxylic acid groups (broad SMARTS) is 4. The Bertz CT molecular complexity index is 855. The summed E-state index contributed by atoms with van der Waals surface area (Å²) < 4.78 is 0. The van der Waals surface area contributed by atoms with Crippen molar-refractivity contribution < 1.29 is 44.4 Å². The molecule has 12 nitrogen and oxygen atoms in total. The van der Waals surface area contributed by atoms with E-state index in [-0.39, 0.29) is 0 Å². The molecule has 0 bridgehead atoms. The molecule has 0 spiro atoms. The molecular formula is C30H49N3O9. The first kappa shape index (κ1) is 38.5. The summed E-state index contributed by atoms with van der Waals surface area (Å²) in [4.78, 5) is 48.8. The molecule has 4 N–H and O–H groups in total. The molecule has 2 fully saturated rings. The van der Waals surface area contributed by atoms with E-state index in [0.717, 1.165) is 26.0 Å². The highest BCUT2D eigenvalue weighted by atomic mass is 16.6. The summed E-state index contributed by atoms with van der Waals surface area (Å²) in [6, 6.07) is 0. The molecule has 0 aromatic heterocycles. The smallest absolute Gasteiger partial charge is 0.328 e. The Hall–Kier alpha value is -3.51. The van der Waals surface area contributed by atoms with E-state index in [9.17, 15) is 19.2 Å². The standard InChI is InChI=1S/C22H41N3O.2C4H4O4/c1-3-4-5-6-7-8-12-21-13-9-10-14-22(21)23-26-20-11-15-25-18-16-24(2)17-19-25;2*5-3(6)1-2-4(7)8/h12H,3-11,13-20H2,1-2H3;2*1-2H,(H,5,6)(H,7,8)/b21-12-,23-22+;2*2-1-. The summed E-state index contributed by atoms with van der Waals surface area (Å²) in [5.41, 5.74) is 2.69. The number of carboxylic acids is 4. The first-order chi connectivity index (χ1) is 20.0. The number of unbranched alkanes of at least 4 members (excludes halogenated alkanes) is 5. The fourth-order valence-corrected chi connectivity index (χ4v) is 4.09. The third-order valence-electron chi connectivity index (χ3n) is 6.40. The number of nitrogens with zero attached hydrogens (tertiary/aromatic N) is 3. The molecule has 2 aliphatic rings. The summed E-state index contributed by atoms with van der Waals surface area (Å²) in [6.45, 7) is 8.93. The van der Waals surface area contributed by atoms with E-state index in [1.54, 1.807) is 0 Å². The van der Waals surface area contributed by atoms with Gasteiger partial charge in [-0.3, -0.25) is 0 Å². The highest BCUT2D eigenvalue weighted by molar-refractivity contribution is 6.00. The molecule has 1 heterocycles. The third-order valence-corrected chi connectivity index (χ3v) is 6.40. The predicted molar refractivity (Wildman–Crippen MR) is 161 cm³/mol. The number of oxime groups is 1. The number of likely N-dealkylation sites (N-methyl/N-ethyl adjacent to an activating group) is 1. The summed E-state index contributed by atoms with van der Waals surface area (Å²) in [5, 5.41) is 35.8. The Balaban J connectivity index is 0.000000861. The monoisotopic (exact) mass is 595 g/mol. The van der Waals surface area contributed by atoms with Crippen LogP contribution in [0.3, 0.4) is 0 Å². The van der Waals surface area contributed by atoms with Gasteiger partial charge in [0.15, 0.2) is 0 Å². The van der Waals surface area contributed by atoms with Crippen LogP contribution in [0.4, 0.5) is 0 Å². The van der Waals surface area contributed by atoms with Crippen molar-refractivity contribution in [2.45, 2.75) is 77.6 Å². The number of piperazine rings is 1. The molecule has 1 aliphatic heterocycles. The largest absolute Gasteiger partial charge is 0.478 e. The minimum atomic E-state index is -1.26. The van der Waals surface area contributed by atoms with E-state index >= 15 is 0 Å². The number of rotatable bonds is 15. The second-order valence-electron chi connectivity index (χ2n) is 10.0. The Morgan fingerprint density at radius 1 is 0.762 bits per heavy atom. The molecule has 1 aliphatic carbocycles. The molecule has 238 valence electrons. The van der Waals surface area contributed by atoms with Crippen LogP contribution in [0.15, 0.2) is 41.1 Å². The van der Waals surface area contributed by atoms with Gasteiger partial charge in [0.25, 0.3) is 0 Å². The number of carbonyl (C=O) groups is 4. The topological polar surface area (TPSA) is 177 Å². The van der Waals surface area contributed by atoms with Crippen LogP contribution in [-0.2, 0) is 24.0 Å². The van der Waals surface area contributed by atoms with E-state index in [1.807, 2.05) is 0 Å². The van der Waals surface area contributed by atoms with Gasteiger partial charge in [0, 0.05) is 57.0 Å². The number of hydrogen-bond donors (Lipinski definition) is 4. The van der Waals surface area contributed by atoms with Gasteiger partial charge in [-0.25, -0.2) is 19.2 Å². The Morgan fingerprint density at radius 3 is 1.81 bits per heavy atom. The first-order valence-corrected chi connectivity index (χ1v) is 14.6. The summed E-state index contributed by atoms with van der Waals surface area (Å²) >= 11 is 0. The fourth-order valence-electron chi connectivity index (χ4n) is 4.09. The van der Waals surface area contributed by atoms with E-state index in [1.165, 1.54) is 95.3 Å². The van der Waals surface area contributed by atoms with E-state index in [0.29, 0.717) is 24.3 Å². The molecular weight excluding hydrogens is 546 g/mol. The van der Waals surface area contributed by atoms with Crippen molar-refractivity contribution in [2.24, 2.45) is 5.16 Å². The molecule has 0 atom stereocenters. The first-order valence-electron chi connectivity index (χ1n) is 14.6. The number of hydrogen-bond acceptors (Lipinski definition) is 8. The highest BCUT2D eigenvalue weighted by Crippen LogP contribution is 2.22. The molecule has 12 heteroatoms. The lowest BCUT2D eigenvalue weighted by atomic mass is 9.92. The van der Waals surface area contributed by atoms with E-state index in [4.69, 9.17) is 25.3 Å². The van der Waals surface area contributed by atoms with Crippen LogP contribution < -0.4 is 0 Å². The van der Waals surface area contributed by atoms with Gasteiger partial charge in [-0.2, -0.15) is 0 Å². The summed E-state index contributed by atoms with van der Waals surface area (Å²) in [6.07, 6.45) is 18.6. The highest BCUT2D eigenvalue weighted by Gasteiger charge is 2.15. The van der Waals surface area contributed by atoms with Gasteiger partial charge in [-0.15, -0.1) is 0 Å². The van der Waals surface area contributed by atoms with Crippen LogP contribution in [0, 0.1) is 0 Å². The molecule has 0 aromatic carbocycles.